The molecule has 1 aliphatic heterocycles. The van der Waals surface area contributed by atoms with Crippen molar-refractivity contribution in [2.45, 2.75) is 27.2 Å². The summed E-state index contributed by atoms with van der Waals surface area (Å²) < 4.78 is 0. The molecule has 0 bridgehead atoms. The van der Waals surface area contributed by atoms with E-state index in [2.05, 4.69) is 10.6 Å². The van der Waals surface area contributed by atoms with Gasteiger partial charge in [0.1, 0.15) is 0 Å². The van der Waals surface area contributed by atoms with Crippen molar-refractivity contribution in [1.29, 1.82) is 0 Å². The van der Waals surface area contributed by atoms with Crippen molar-refractivity contribution in [3.05, 3.63) is 41.3 Å². The van der Waals surface area contributed by atoms with Crippen molar-refractivity contribution in [1.82, 2.24) is 0 Å². The summed E-state index contributed by atoms with van der Waals surface area (Å²) in [7, 11) is 0. The van der Waals surface area contributed by atoms with Gasteiger partial charge in [-0.05, 0) is 41.6 Å². The highest BCUT2D eigenvalue weighted by molar-refractivity contribution is 7.14. The molecule has 126 valence electrons. The van der Waals surface area contributed by atoms with E-state index >= 15 is 0 Å². The number of carbonyl (C=O) groups excluding carboxylic acids is 2. The highest BCUT2D eigenvalue weighted by Gasteiger charge is 2.32. The molecule has 2 N–H and O–H groups in total. The van der Waals surface area contributed by atoms with Gasteiger partial charge in [-0.1, -0.05) is 26.8 Å². The van der Waals surface area contributed by atoms with Gasteiger partial charge in [0, 0.05) is 23.3 Å². The van der Waals surface area contributed by atoms with E-state index in [0.717, 1.165) is 22.7 Å². The molecule has 2 aromatic rings. The maximum Gasteiger partial charge on any atom is 0.324 e. The molecule has 0 fully saturated rings. The summed E-state index contributed by atoms with van der Waals surface area (Å²) in [5.41, 5.74) is 2.28. The molecule has 2 heterocycles. The van der Waals surface area contributed by atoms with E-state index < -0.39 is 5.41 Å². The number of nitrogens with zero attached hydrogens (tertiary/aromatic N) is 1. The minimum absolute atomic E-state index is 0.0986. The fraction of sp³-hybridized carbons (Fsp3) is 0.333. The van der Waals surface area contributed by atoms with Crippen molar-refractivity contribution in [3.8, 4) is 0 Å². The minimum Gasteiger partial charge on any atom is -0.311 e. The summed E-state index contributed by atoms with van der Waals surface area (Å²) in [5, 5.41) is 8.30. The number of anilines is 3. The van der Waals surface area contributed by atoms with E-state index in [1.807, 2.05) is 61.4 Å². The average Bonchev–Trinajstić information content (AvgIpc) is 3.14. The maximum absolute atomic E-state index is 12.6. The third-order valence-corrected chi connectivity index (χ3v) is 4.67. The number of hydrogen-bond donors (Lipinski definition) is 2. The van der Waals surface area contributed by atoms with Crippen LogP contribution in [0.5, 0.6) is 0 Å². The first-order valence-electron chi connectivity index (χ1n) is 7.91. The van der Waals surface area contributed by atoms with Crippen LogP contribution in [0.2, 0.25) is 0 Å². The number of carbonyl (C=O) groups is 2. The Morgan fingerprint density at radius 1 is 1.17 bits per heavy atom. The predicted molar refractivity (Wildman–Crippen MR) is 98.9 cm³/mol. The summed E-state index contributed by atoms with van der Waals surface area (Å²) in [6.07, 6.45) is 0.846. The molecule has 24 heavy (non-hydrogen) atoms. The maximum atomic E-state index is 12.6. The van der Waals surface area contributed by atoms with Crippen LogP contribution in [0.3, 0.4) is 0 Å². The van der Waals surface area contributed by atoms with Gasteiger partial charge in [0.15, 0.2) is 0 Å². The Balaban J connectivity index is 1.76. The van der Waals surface area contributed by atoms with Crippen LogP contribution in [0.4, 0.5) is 21.2 Å². The number of amides is 3. The quantitative estimate of drug-likeness (QED) is 0.853. The van der Waals surface area contributed by atoms with E-state index in [4.69, 9.17) is 0 Å². The van der Waals surface area contributed by atoms with E-state index in [0.29, 0.717) is 12.2 Å². The molecule has 0 atom stereocenters. The standard InChI is InChI=1S/C18H21N3O2S/c1-18(2,3)16(22)21-9-8-12-6-7-13(11-14(12)21)19-17(23)20-15-5-4-10-24-15/h4-7,10-11H,8-9H2,1-3H3,(H2,19,20,23). The van der Waals surface area contributed by atoms with Crippen molar-refractivity contribution in [2.24, 2.45) is 5.41 Å². The molecule has 0 aliphatic carbocycles. The van der Waals surface area contributed by atoms with Crippen LogP contribution < -0.4 is 15.5 Å². The SMILES string of the molecule is CC(C)(C)C(=O)N1CCc2ccc(NC(=O)Nc3cccs3)cc21. The number of nitrogens with one attached hydrogen (secondary N) is 2. The summed E-state index contributed by atoms with van der Waals surface area (Å²) in [6.45, 7) is 6.45. The Bertz CT molecular complexity index is 763. The van der Waals surface area contributed by atoms with Crippen LogP contribution >= 0.6 is 11.3 Å². The zero-order valence-corrected chi connectivity index (χ0v) is 14.9. The third-order valence-electron chi connectivity index (χ3n) is 3.88. The third kappa shape index (κ3) is 3.43. The van der Waals surface area contributed by atoms with Gasteiger partial charge in [-0.15, -0.1) is 11.3 Å². The van der Waals surface area contributed by atoms with Gasteiger partial charge < -0.3 is 10.2 Å². The first-order chi connectivity index (χ1) is 11.3. The smallest absolute Gasteiger partial charge is 0.311 e. The second kappa shape index (κ2) is 6.28. The van der Waals surface area contributed by atoms with Crippen molar-refractivity contribution in [2.75, 3.05) is 22.1 Å². The van der Waals surface area contributed by atoms with Crippen LogP contribution in [0.15, 0.2) is 35.7 Å². The predicted octanol–water partition coefficient (Wildman–Crippen LogP) is 4.33. The Kier molecular flexibility index (Phi) is 4.32. The first-order valence-corrected chi connectivity index (χ1v) is 8.79. The fourth-order valence-corrected chi connectivity index (χ4v) is 3.31. The molecule has 3 rings (SSSR count). The number of hydrogen-bond acceptors (Lipinski definition) is 3. The second-order valence-electron chi connectivity index (χ2n) is 6.86. The molecule has 0 spiro atoms. The minimum atomic E-state index is -0.429. The van der Waals surface area contributed by atoms with Gasteiger partial charge in [0.05, 0.1) is 5.00 Å². The van der Waals surface area contributed by atoms with Crippen LogP contribution in [0.1, 0.15) is 26.3 Å². The van der Waals surface area contributed by atoms with Gasteiger partial charge in [0.2, 0.25) is 5.91 Å². The van der Waals surface area contributed by atoms with Gasteiger partial charge in [-0.2, -0.15) is 0 Å². The molecule has 6 heteroatoms. The van der Waals surface area contributed by atoms with E-state index in [-0.39, 0.29) is 11.9 Å². The van der Waals surface area contributed by atoms with Crippen LogP contribution in [0.25, 0.3) is 0 Å². The lowest BCUT2D eigenvalue weighted by molar-refractivity contribution is -0.125. The van der Waals surface area contributed by atoms with Crippen molar-refractivity contribution in [3.63, 3.8) is 0 Å². The van der Waals surface area contributed by atoms with Crippen LogP contribution in [0, 0.1) is 5.41 Å². The van der Waals surface area contributed by atoms with Gasteiger partial charge in [0.25, 0.3) is 0 Å². The van der Waals surface area contributed by atoms with Crippen molar-refractivity contribution < 1.29 is 9.59 Å². The van der Waals surface area contributed by atoms with Gasteiger partial charge >= 0.3 is 6.03 Å². The summed E-state index contributed by atoms with van der Waals surface area (Å²) in [4.78, 5) is 26.5. The number of thiophene rings is 1. The monoisotopic (exact) mass is 343 g/mol. The van der Waals surface area contributed by atoms with Crippen LogP contribution in [-0.2, 0) is 11.2 Å². The zero-order chi connectivity index (χ0) is 17.3. The number of benzene rings is 1. The molecule has 1 aromatic carbocycles. The lowest BCUT2D eigenvalue weighted by Crippen LogP contribution is -2.38. The molecule has 0 saturated carbocycles. The van der Waals surface area contributed by atoms with E-state index in [1.165, 1.54) is 11.3 Å². The fourth-order valence-electron chi connectivity index (χ4n) is 2.70. The highest BCUT2D eigenvalue weighted by Crippen LogP contribution is 2.34. The van der Waals surface area contributed by atoms with Gasteiger partial charge in [-0.25, -0.2) is 4.79 Å². The molecule has 1 aromatic heterocycles. The number of rotatable bonds is 2. The van der Waals surface area contributed by atoms with Crippen LogP contribution in [-0.4, -0.2) is 18.5 Å². The largest absolute Gasteiger partial charge is 0.324 e. The number of fused-ring (bicyclic) bond motifs is 1. The summed E-state index contributed by atoms with van der Waals surface area (Å²) >= 11 is 1.46. The Morgan fingerprint density at radius 2 is 1.96 bits per heavy atom. The lowest BCUT2D eigenvalue weighted by atomic mass is 9.94. The first kappa shape index (κ1) is 16.5. The number of urea groups is 1. The molecular weight excluding hydrogens is 322 g/mol. The topological polar surface area (TPSA) is 61.4 Å². The molecule has 0 unspecified atom stereocenters. The Labute approximate surface area is 145 Å². The molecule has 5 nitrogen and oxygen atoms in total. The molecule has 1 aliphatic rings. The highest BCUT2D eigenvalue weighted by atomic mass is 32.1. The normalized spacial score (nSPS) is 13.5. The summed E-state index contributed by atoms with van der Waals surface area (Å²) in [5.74, 6) is 0.0986. The Morgan fingerprint density at radius 3 is 2.62 bits per heavy atom. The molecule has 0 saturated heterocycles. The molecule has 0 radical (unpaired) electrons. The molecular formula is C18H21N3O2S. The van der Waals surface area contributed by atoms with Gasteiger partial charge in [-0.3, -0.25) is 10.1 Å². The average molecular weight is 343 g/mol. The van der Waals surface area contributed by atoms with E-state index in [1.54, 1.807) is 0 Å². The Hall–Kier alpha value is -2.34. The lowest BCUT2D eigenvalue weighted by Gasteiger charge is -2.26. The summed E-state index contributed by atoms with van der Waals surface area (Å²) in [6, 6.07) is 9.16. The van der Waals surface area contributed by atoms with Crippen molar-refractivity contribution >= 4 is 39.7 Å². The molecule has 3 amide bonds. The second-order valence-corrected chi connectivity index (χ2v) is 7.80. The zero-order valence-electron chi connectivity index (χ0n) is 14.1. The van der Waals surface area contributed by atoms with E-state index in [9.17, 15) is 9.59 Å².